The van der Waals surface area contributed by atoms with E-state index < -0.39 is 6.09 Å². The summed E-state index contributed by atoms with van der Waals surface area (Å²) in [5, 5.41) is 2.40. The molecule has 0 spiro atoms. The van der Waals surface area contributed by atoms with Crippen LogP contribution in [-0.4, -0.2) is 19.4 Å². The number of carbonyl (C=O) groups excluding carboxylic acids is 1. The van der Waals surface area contributed by atoms with Gasteiger partial charge < -0.3 is 10.1 Å². The zero-order chi connectivity index (χ0) is 10.6. The number of hydrogen-bond donors (Lipinski definition) is 1. The number of nitrogens with one attached hydrogen (secondary N) is 1. The van der Waals surface area contributed by atoms with Crippen molar-refractivity contribution in [1.82, 2.24) is 5.32 Å². The van der Waals surface area contributed by atoms with Gasteiger partial charge in [0.2, 0.25) is 0 Å². The molecule has 0 heterocycles. The summed E-state index contributed by atoms with van der Waals surface area (Å²) in [7, 11) is 1.53. The molecule has 3 nitrogen and oxygen atoms in total. The maximum atomic E-state index is 10.9. The standard InChI is InChI=1S/C10H13NO2S/c1-7-6-8(13-10(12)11-2)4-5-9(7)14-3/h4-6H,1-3H3,(H,11,12). The summed E-state index contributed by atoms with van der Waals surface area (Å²) in [5.41, 5.74) is 1.11. The lowest BCUT2D eigenvalue weighted by Crippen LogP contribution is -2.22. The van der Waals surface area contributed by atoms with Crippen LogP contribution in [0.5, 0.6) is 5.75 Å². The van der Waals surface area contributed by atoms with E-state index in [-0.39, 0.29) is 0 Å². The van der Waals surface area contributed by atoms with Gasteiger partial charge >= 0.3 is 6.09 Å². The van der Waals surface area contributed by atoms with Crippen LogP contribution >= 0.6 is 11.8 Å². The Hall–Kier alpha value is -1.16. The van der Waals surface area contributed by atoms with Crippen LogP contribution in [0.4, 0.5) is 4.79 Å². The van der Waals surface area contributed by atoms with Crippen LogP contribution < -0.4 is 10.1 Å². The second-order valence-corrected chi connectivity index (χ2v) is 3.62. The van der Waals surface area contributed by atoms with E-state index in [2.05, 4.69) is 5.32 Å². The van der Waals surface area contributed by atoms with Gasteiger partial charge in [-0.2, -0.15) is 0 Å². The van der Waals surface area contributed by atoms with Crippen molar-refractivity contribution in [3.8, 4) is 5.75 Å². The van der Waals surface area contributed by atoms with Crippen molar-refractivity contribution in [2.45, 2.75) is 11.8 Å². The molecule has 1 rings (SSSR count). The molecular weight excluding hydrogens is 198 g/mol. The molecule has 76 valence electrons. The third-order valence-corrected chi connectivity index (χ3v) is 2.68. The van der Waals surface area contributed by atoms with Gasteiger partial charge in [0.05, 0.1) is 0 Å². The van der Waals surface area contributed by atoms with Gasteiger partial charge in [0.15, 0.2) is 0 Å². The van der Waals surface area contributed by atoms with Gasteiger partial charge in [-0.25, -0.2) is 4.79 Å². The lowest BCUT2D eigenvalue weighted by molar-refractivity contribution is 0.203. The Morgan fingerprint density at radius 2 is 2.21 bits per heavy atom. The summed E-state index contributed by atoms with van der Waals surface area (Å²) in [5.74, 6) is 0.569. The molecule has 0 fully saturated rings. The first-order valence-corrected chi connectivity index (χ1v) is 5.44. The summed E-state index contributed by atoms with van der Waals surface area (Å²) in [6, 6.07) is 5.58. The lowest BCUT2D eigenvalue weighted by atomic mass is 10.2. The fraction of sp³-hybridized carbons (Fsp3) is 0.300. The van der Waals surface area contributed by atoms with Gasteiger partial charge in [0, 0.05) is 11.9 Å². The number of benzene rings is 1. The normalized spacial score (nSPS) is 9.64. The molecule has 4 heteroatoms. The molecule has 0 aliphatic carbocycles. The van der Waals surface area contributed by atoms with Gasteiger partial charge in [0.1, 0.15) is 5.75 Å². The average molecular weight is 211 g/mol. The first kappa shape index (κ1) is 10.9. The number of aryl methyl sites for hydroxylation is 1. The van der Waals surface area contributed by atoms with Crippen LogP contribution in [0.1, 0.15) is 5.56 Å². The van der Waals surface area contributed by atoms with E-state index in [1.165, 1.54) is 11.9 Å². The minimum absolute atomic E-state index is 0.443. The van der Waals surface area contributed by atoms with Crippen molar-refractivity contribution < 1.29 is 9.53 Å². The number of ether oxygens (including phenoxy) is 1. The van der Waals surface area contributed by atoms with Crippen LogP contribution in [0, 0.1) is 6.92 Å². The van der Waals surface area contributed by atoms with E-state index in [0.717, 1.165) is 5.56 Å². The number of amides is 1. The number of hydrogen-bond acceptors (Lipinski definition) is 3. The molecule has 0 aliphatic rings. The van der Waals surface area contributed by atoms with E-state index >= 15 is 0 Å². The zero-order valence-electron chi connectivity index (χ0n) is 8.46. The molecule has 1 amide bonds. The summed E-state index contributed by atoms with van der Waals surface area (Å²) in [4.78, 5) is 12.1. The van der Waals surface area contributed by atoms with Gasteiger partial charge in [0.25, 0.3) is 0 Å². The van der Waals surface area contributed by atoms with Crippen molar-refractivity contribution in [3.63, 3.8) is 0 Å². The van der Waals surface area contributed by atoms with Crippen LogP contribution in [0.3, 0.4) is 0 Å². The van der Waals surface area contributed by atoms with E-state index in [1.54, 1.807) is 17.8 Å². The SMILES string of the molecule is CNC(=O)Oc1ccc(SC)c(C)c1. The maximum Gasteiger partial charge on any atom is 0.412 e. The maximum absolute atomic E-state index is 10.9. The Balaban J connectivity index is 2.81. The highest BCUT2D eigenvalue weighted by molar-refractivity contribution is 7.98. The number of carbonyl (C=O) groups is 1. The van der Waals surface area contributed by atoms with Crippen molar-refractivity contribution in [2.75, 3.05) is 13.3 Å². The van der Waals surface area contributed by atoms with E-state index in [0.29, 0.717) is 5.75 Å². The third-order valence-electron chi connectivity index (χ3n) is 1.78. The predicted molar refractivity (Wildman–Crippen MR) is 58.0 cm³/mol. The highest BCUT2D eigenvalue weighted by Crippen LogP contribution is 2.24. The highest BCUT2D eigenvalue weighted by Gasteiger charge is 2.03. The summed E-state index contributed by atoms with van der Waals surface area (Å²) in [6.07, 6.45) is 1.57. The van der Waals surface area contributed by atoms with Crippen LogP contribution in [0.25, 0.3) is 0 Å². The minimum Gasteiger partial charge on any atom is -0.410 e. The molecule has 1 N–H and O–H groups in total. The Bertz CT molecular complexity index is 339. The van der Waals surface area contributed by atoms with Crippen LogP contribution in [-0.2, 0) is 0 Å². The molecule has 0 saturated carbocycles. The highest BCUT2D eigenvalue weighted by atomic mass is 32.2. The second-order valence-electron chi connectivity index (χ2n) is 2.77. The molecule has 0 atom stereocenters. The van der Waals surface area contributed by atoms with E-state index in [4.69, 9.17) is 4.74 Å². The van der Waals surface area contributed by atoms with Crippen molar-refractivity contribution in [3.05, 3.63) is 23.8 Å². The minimum atomic E-state index is -0.443. The first-order chi connectivity index (χ1) is 6.67. The molecule has 0 bridgehead atoms. The van der Waals surface area contributed by atoms with Gasteiger partial charge in [-0.15, -0.1) is 11.8 Å². The zero-order valence-corrected chi connectivity index (χ0v) is 9.27. The van der Waals surface area contributed by atoms with Crippen LogP contribution in [0.2, 0.25) is 0 Å². The van der Waals surface area contributed by atoms with Gasteiger partial charge in [-0.3, -0.25) is 0 Å². The smallest absolute Gasteiger partial charge is 0.410 e. The topological polar surface area (TPSA) is 38.3 Å². The van der Waals surface area contributed by atoms with Crippen molar-refractivity contribution in [2.24, 2.45) is 0 Å². The molecule has 0 unspecified atom stereocenters. The number of thioether (sulfide) groups is 1. The molecule has 14 heavy (non-hydrogen) atoms. The fourth-order valence-corrected chi connectivity index (χ4v) is 1.66. The van der Waals surface area contributed by atoms with Crippen LogP contribution in [0.15, 0.2) is 23.1 Å². The fourth-order valence-electron chi connectivity index (χ4n) is 1.07. The second kappa shape index (κ2) is 4.91. The molecular formula is C10H13NO2S. The Labute approximate surface area is 87.8 Å². The van der Waals surface area contributed by atoms with E-state index in [9.17, 15) is 4.79 Å². The predicted octanol–water partition coefficient (Wildman–Crippen LogP) is 2.44. The summed E-state index contributed by atoms with van der Waals surface area (Å²) in [6.45, 7) is 1.99. The Morgan fingerprint density at radius 3 is 2.71 bits per heavy atom. The Kier molecular flexibility index (Phi) is 3.83. The monoisotopic (exact) mass is 211 g/mol. The molecule has 0 saturated heterocycles. The summed E-state index contributed by atoms with van der Waals surface area (Å²) < 4.78 is 4.98. The number of rotatable bonds is 2. The van der Waals surface area contributed by atoms with Crippen molar-refractivity contribution >= 4 is 17.9 Å². The van der Waals surface area contributed by atoms with E-state index in [1.807, 2.05) is 25.3 Å². The lowest BCUT2D eigenvalue weighted by Gasteiger charge is -2.06. The molecule has 1 aromatic carbocycles. The molecule has 0 aliphatic heterocycles. The van der Waals surface area contributed by atoms with Gasteiger partial charge in [-0.05, 0) is 36.9 Å². The van der Waals surface area contributed by atoms with Gasteiger partial charge in [-0.1, -0.05) is 0 Å². The van der Waals surface area contributed by atoms with Crippen molar-refractivity contribution in [1.29, 1.82) is 0 Å². The summed E-state index contributed by atoms with van der Waals surface area (Å²) >= 11 is 1.67. The Morgan fingerprint density at radius 1 is 1.50 bits per heavy atom. The third kappa shape index (κ3) is 2.67. The average Bonchev–Trinajstić information content (AvgIpc) is 2.18. The molecule has 1 aromatic rings. The first-order valence-electron chi connectivity index (χ1n) is 4.21. The largest absolute Gasteiger partial charge is 0.412 e. The molecule has 0 radical (unpaired) electrons. The quantitative estimate of drug-likeness (QED) is 0.763. The molecule has 0 aromatic heterocycles.